The van der Waals surface area contributed by atoms with Crippen LogP contribution in [-0.2, 0) is 4.79 Å². The Hall–Kier alpha value is -0.530. The molecule has 1 rings (SSSR count). The number of carbonyl (C=O) groups is 1. The number of nitrogens with zero attached hydrogens (tertiary/aromatic N) is 1. The normalized spacial score (nSPS) is 20.1. The van der Waals surface area contributed by atoms with Crippen LogP contribution in [0.3, 0.4) is 0 Å². The summed E-state index contributed by atoms with van der Waals surface area (Å²) in [7, 11) is 0. The third-order valence-corrected chi connectivity index (χ3v) is 1.42. The van der Waals surface area contributed by atoms with Crippen molar-refractivity contribution in [2.24, 2.45) is 0 Å². The zero-order valence-corrected chi connectivity index (χ0v) is 5.05. The molecule has 1 fully saturated rings. The highest BCUT2D eigenvalue weighted by atomic mass is 16.2. The minimum Gasteiger partial charge on any atom is -0.338 e. The first kappa shape index (κ1) is 5.60. The van der Waals surface area contributed by atoms with Crippen molar-refractivity contribution in [3.05, 3.63) is 6.54 Å². The van der Waals surface area contributed by atoms with Crippen LogP contribution in [-0.4, -0.2) is 17.4 Å². The Kier molecular flexibility index (Phi) is 1.51. The molecular weight excluding hydrogens is 102 g/mol. The highest BCUT2D eigenvalue weighted by Gasteiger charge is 2.17. The van der Waals surface area contributed by atoms with Crippen molar-refractivity contribution < 1.29 is 4.79 Å². The van der Waals surface area contributed by atoms with E-state index < -0.39 is 0 Å². The second-order valence-electron chi connectivity index (χ2n) is 1.95. The maximum absolute atomic E-state index is 10.7. The van der Waals surface area contributed by atoms with Crippen molar-refractivity contribution in [2.45, 2.75) is 19.8 Å². The van der Waals surface area contributed by atoms with E-state index in [4.69, 9.17) is 0 Å². The molecule has 0 spiro atoms. The molecule has 0 atom stereocenters. The fourth-order valence-corrected chi connectivity index (χ4v) is 0.942. The van der Waals surface area contributed by atoms with E-state index in [1.54, 1.807) is 4.90 Å². The smallest absolute Gasteiger partial charge is 0.222 e. The first-order valence-electron chi connectivity index (χ1n) is 2.93. The van der Waals surface area contributed by atoms with Crippen molar-refractivity contribution in [3.63, 3.8) is 0 Å². The molecule has 2 heteroatoms. The standard InChI is InChI=1S/C6H10NO/c1-2-7-5-3-4-6(7)8/h2H,3-5H2,1H3. The minimum absolute atomic E-state index is 0.271. The Morgan fingerprint density at radius 3 is 2.75 bits per heavy atom. The van der Waals surface area contributed by atoms with Crippen LogP contribution >= 0.6 is 0 Å². The average Bonchev–Trinajstić information content (AvgIpc) is 2.14. The van der Waals surface area contributed by atoms with Gasteiger partial charge in [0.05, 0.1) is 0 Å². The second kappa shape index (κ2) is 2.16. The summed E-state index contributed by atoms with van der Waals surface area (Å²) in [5, 5.41) is 0. The van der Waals surface area contributed by atoms with Gasteiger partial charge in [-0.15, -0.1) is 0 Å². The van der Waals surface area contributed by atoms with Crippen LogP contribution < -0.4 is 0 Å². The maximum atomic E-state index is 10.7. The first-order valence-corrected chi connectivity index (χ1v) is 2.93. The lowest BCUT2D eigenvalue weighted by molar-refractivity contribution is -0.126. The first-order chi connectivity index (χ1) is 3.84. The summed E-state index contributed by atoms with van der Waals surface area (Å²) >= 11 is 0. The van der Waals surface area contributed by atoms with Crippen LogP contribution in [0.5, 0.6) is 0 Å². The van der Waals surface area contributed by atoms with Crippen LogP contribution in [0, 0.1) is 6.54 Å². The zero-order valence-electron chi connectivity index (χ0n) is 5.05. The summed E-state index contributed by atoms with van der Waals surface area (Å²) in [6.45, 7) is 4.66. The lowest BCUT2D eigenvalue weighted by atomic mass is 10.4. The maximum Gasteiger partial charge on any atom is 0.222 e. The number of hydrogen-bond donors (Lipinski definition) is 0. The highest BCUT2D eigenvalue weighted by molar-refractivity contribution is 5.78. The molecule has 1 radical (unpaired) electrons. The van der Waals surface area contributed by atoms with E-state index in [1.165, 1.54) is 0 Å². The highest BCUT2D eigenvalue weighted by Crippen LogP contribution is 2.09. The Balaban J connectivity index is 2.42. The van der Waals surface area contributed by atoms with Crippen LogP contribution in [0.25, 0.3) is 0 Å². The molecule has 0 unspecified atom stereocenters. The molecule has 0 aromatic carbocycles. The molecule has 0 aromatic heterocycles. The topological polar surface area (TPSA) is 20.3 Å². The molecule has 1 aliphatic heterocycles. The quantitative estimate of drug-likeness (QED) is 0.491. The van der Waals surface area contributed by atoms with Crippen molar-refractivity contribution in [3.8, 4) is 0 Å². The van der Waals surface area contributed by atoms with Gasteiger partial charge in [-0.05, 0) is 13.3 Å². The zero-order chi connectivity index (χ0) is 5.98. The third-order valence-electron chi connectivity index (χ3n) is 1.42. The van der Waals surface area contributed by atoms with Crippen LogP contribution in [0.1, 0.15) is 19.8 Å². The van der Waals surface area contributed by atoms with Crippen molar-refractivity contribution in [1.82, 2.24) is 4.90 Å². The summed E-state index contributed by atoms with van der Waals surface area (Å²) in [4.78, 5) is 12.5. The predicted octanol–water partition coefficient (Wildman–Crippen LogP) is 0.790. The van der Waals surface area contributed by atoms with E-state index in [0.29, 0.717) is 0 Å². The molecule has 0 aliphatic carbocycles. The van der Waals surface area contributed by atoms with Gasteiger partial charge in [0, 0.05) is 19.5 Å². The molecule has 0 saturated carbocycles. The van der Waals surface area contributed by atoms with E-state index in [9.17, 15) is 4.79 Å². The second-order valence-corrected chi connectivity index (χ2v) is 1.95. The van der Waals surface area contributed by atoms with Crippen molar-refractivity contribution >= 4 is 5.91 Å². The van der Waals surface area contributed by atoms with Gasteiger partial charge < -0.3 is 4.90 Å². The number of rotatable bonds is 1. The van der Waals surface area contributed by atoms with Gasteiger partial charge in [-0.2, -0.15) is 0 Å². The van der Waals surface area contributed by atoms with Crippen LogP contribution in [0.2, 0.25) is 0 Å². The largest absolute Gasteiger partial charge is 0.338 e. The van der Waals surface area contributed by atoms with Gasteiger partial charge in [-0.3, -0.25) is 4.79 Å². The molecule has 1 saturated heterocycles. The van der Waals surface area contributed by atoms with Gasteiger partial charge >= 0.3 is 0 Å². The van der Waals surface area contributed by atoms with Crippen molar-refractivity contribution in [1.29, 1.82) is 0 Å². The third kappa shape index (κ3) is 0.831. The minimum atomic E-state index is 0.271. The lowest BCUT2D eigenvalue weighted by Crippen LogP contribution is -2.19. The van der Waals surface area contributed by atoms with E-state index in [0.717, 1.165) is 19.4 Å². The summed E-state index contributed by atoms with van der Waals surface area (Å²) in [5.74, 6) is 0.271. The molecule has 1 aliphatic rings. The number of hydrogen-bond acceptors (Lipinski definition) is 1. The summed E-state index contributed by atoms with van der Waals surface area (Å²) in [6, 6.07) is 0. The van der Waals surface area contributed by atoms with E-state index in [-0.39, 0.29) is 5.91 Å². The van der Waals surface area contributed by atoms with E-state index in [2.05, 4.69) is 0 Å². The number of amides is 1. The molecule has 0 aromatic rings. The van der Waals surface area contributed by atoms with Crippen LogP contribution in [0.4, 0.5) is 0 Å². The molecule has 2 nitrogen and oxygen atoms in total. The summed E-state index contributed by atoms with van der Waals surface area (Å²) in [6.07, 6.45) is 1.77. The van der Waals surface area contributed by atoms with Gasteiger partial charge in [0.15, 0.2) is 0 Å². The van der Waals surface area contributed by atoms with Crippen molar-refractivity contribution in [2.75, 3.05) is 6.54 Å². The van der Waals surface area contributed by atoms with Gasteiger partial charge in [-0.25, -0.2) is 0 Å². The Morgan fingerprint density at radius 2 is 2.50 bits per heavy atom. The molecule has 0 bridgehead atoms. The SMILES string of the molecule is C[CH]N1CCCC1=O. The fourth-order valence-electron chi connectivity index (χ4n) is 0.942. The fraction of sp³-hybridized carbons (Fsp3) is 0.667. The Labute approximate surface area is 49.5 Å². The molecular formula is C6H10NO. The number of carbonyl (C=O) groups excluding carboxylic acids is 1. The van der Waals surface area contributed by atoms with E-state index in [1.807, 2.05) is 13.5 Å². The molecule has 45 valence electrons. The molecule has 1 heterocycles. The monoisotopic (exact) mass is 112 g/mol. The van der Waals surface area contributed by atoms with Gasteiger partial charge in [0.2, 0.25) is 5.91 Å². The van der Waals surface area contributed by atoms with Gasteiger partial charge in [-0.1, -0.05) is 0 Å². The molecule has 0 N–H and O–H groups in total. The average molecular weight is 112 g/mol. The predicted molar refractivity (Wildman–Crippen MR) is 30.9 cm³/mol. The Bertz CT molecular complexity index is 101. The molecule has 8 heavy (non-hydrogen) atoms. The lowest BCUT2D eigenvalue weighted by Gasteiger charge is -2.09. The van der Waals surface area contributed by atoms with Gasteiger partial charge in [0.1, 0.15) is 0 Å². The van der Waals surface area contributed by atoms with Crippen LogP contribution in [0.15, 0.2) is 0 Å². The summed E-state index contributed by atoms with van der Waals surface area (Å²) in [5.41, 5.74) is 0. The summed E-state index contributed by atoms with van der Waals surface area (Å²) < 4.78 is 0. The van der Waals surface area contributed by atoms with Gasteiger partial charge in [0.25, 0.3) is 0 Å². The molecule has 1 amide bonds. The number of likely N-dealkylation sites (tertiary alicyclic amines) is 1. The Morgan fingerprint density at radius 1 is 1.75 bits per heavy atom. The van der Waals surface area contributed by atoms with E-state index >= 15 is 0 Å².